The van der Waals surface area contributed by atoms with Gasteiger partial charge in [0.1, 0.15) is 0 Å². The maximum absolute atomic E-state index is 4.43. The Bertz CT molecular complexity index is 290. The number of aliphatic imine (C=N–C) groups is 1. The maximum Gasteiger partial charge on any atom is 0.0840 e. The van der Waals surface area contributed by atoms with Crippen LogP contribution in [0.15, 0.2) is 23.2 Å². The lowest BCUT2D eigenvalue weighted by atomic mass is 10.2. The first-order chi connectivity index (χ1) is 5.77. The minimum absolute atomic E-state index is 0.977. The number of aromatic nitrogens is 1. The van der Waals surface area contributed by atoms with Crippen LogP contribution in [0.4, 0.5) is 0 Å². The molecular weight excluding hydrogens is 148 g/mol. The second kappa shape index (κ2) is 4.00. The van der Waals surface area contributed by atoms with E-state index in [1.165, 1.54) is 0 Å². The van der Waals surface area contributed by atoms with Crippen molar-refractivity contribution < 1.29 is 0 Å². The Morgan fingerprint density at radius 1 is 1.50 bits per heavy atom. The van der Waals surface area contributed by atoms with Crippen LogP contribution in [0.5, 0.6) is 0 Å². The summed E-state index contributed by atoms with van der Waals surface area (Å²) in [6, 6.07) is 6.05. The third kappa shape index (κ3) is 1.91. The Labute approximate surface area is 73.4 Å². The highest BCUT2D eigenvalue weighted by atomic mass is 14.8. The quantitative estimate of drug-likeness (QED) is 0.611. The number of nitrogens with zero attached hydrogens (tertiary/aromatic N) is 2. The summed E-state index contributed by atoms with van der Waals surface area (Å²) in [6.45, 7) is 4.08. The highest BCUT2D eigenvalue weighted by Crippen LogP contribution is 2.01. The van der Waals surface area contributed by atoms with Crippen LogP contribution in [-0.2, 0) is 6.42 Å². The van der Waals surface area contributed by atoms with Gasteiger partial charge in [-0.05, 0) is 25.5 Å². The summed E-state index contributed by atoms with van der Waals surface area (Å²) in [7, 11) is 1.79. The van der Waals surface area contributed by atoms with Crippen molar-refractivity contribution >= 4 is 5.71 Å². The van der Waals surface area contributed by atoms with Gasteiger partial charge in [0.2, 0.25) is 0 Å². The SMILES string of the molecule is CCc1cccc(C(C)=NC)n1. The molecule has 0 aliphatic heterocycles. The molecule has 0 fully saturated rings. The molecule has 0 spiro atoms. The van der Waals surface area contributed by atoms with Crippen LogP contribution in [0.3, 0.4) is 0 Å². The molecule has 0 bridgehead atoms. The van der Waals surface area contributed by atoms with E-state index >= 15 is 0 Å². The second-order valence-electron chi connectivity index (χ2n) is 2.68. The molecule has 0 saturated carbocycles. The lowest BCUT2D eigenvalue weighted by Gasteiger charge is -2.00. The number of pyridine rings is 1. The van der Waals surface area contributed by atoms with Crippen molar-refractivity contribution in [3.05, 3.63) is 29.6 Å². The minimum Gasteiger partial charge on any atom is -0.291 e. The van der Waals surface area contributed by atoms with Crippen LogP contribution in [0.2, 0.25) is 0 Å². The number of hydrogen-bond acceptors (Lipinski definition) is 2. The van der Waals surface area contributed by atoms with Gasteiger partial charge in [-0.2, -0.15) is 0 Å². The van der Waals surface area contributed by atoms with Crippen molar-refractivity contribution in [2.45, 2.75) is 20.3 Å². The summed E-state index contributed by atoms with van der Waals surface area (Å²) in [5.41, 5.74) is 3.10. The van der Waals surface area contributed by atoms with E-state index in [0.29, 0.717) is 0 Å². The van der Waals surface area contributed by atoms with Crippen LogP contribution in [0, 0.1) is 0 Å². The molecule has 0 aliphatic rings. The van der Waals surface area contributed by atoms with Gasteiger partial charge in [-0.25, -0.2) is 0 Å². The minimum atomic E-state index is 0.977. The average molecular weight is 162 g/mol. The Kier molecular flexibility index (Phi) is 2.97. The van der Waals surface area contributed by atoms with E-state index < -0.39 is 0 Å². The van der Waals surface area contributed by atoms with Gasteiger partial charge in [-0.3, -0.25) is 9.98 Å². The van der Waals surface area contributed by atoms with E-state index in [-0.39, 0.29) is 0 Å². The molecule has 64 valence electrons. The Morgan fingerprint density at radius 2 is 2.25 bits per heavy atom. The zero-order valence-corrected chi connectivity index (χ0v) is 7.83. The molecular formula is C10H14N2. The topological polar surface area (TPSA) is 25.2 Å². The molecule has 0 aromatic carbocycles. The van der Waals surface area contributed by atoms with Gasteiger partial charge in [0.05, 0.1) is 11.4 Å². The van der Waals surface area contributed by atoms with E-state index in [4.69, 9.17) is 0 Å². The van der Waals surface area contributed by atoms with Crippen LogP contribution >= 0.6 is 0 Å². The summed E-state index contributed by atoms with van der Waals surface area (Å²) in [6.07, 6.45) is 0.977. The fraction of sp³-hybridized carbons (Fsp3) is 0.400. The molecule has 0 radical (unpaired) electrons. The van der Waals surface area contributed by atoms with E-state index in [1.807, 2.05) is 25.1 Å². The van der Waals surface area contributed by atoms with E-state index in [2.05, 4.69) is 16.9 Å². The number of rotatable bonds is 2. The molecule has 1 aromatic heterocycles. The molecule has 0 atom stereocenters. The van der Waals surface area contributed by atoms with Crippen LogP contribution < -0.4 is 0 Å². The fourth-order valence-corrected chi connectivity index (χ4v) is 0.993. The summed E-state index contributed by atoms with van der Waals surface area (Å²) < 4.78 is 0. The summed E-state index contributed by atoms with van der Waals surface area (Å²) in [4.78, 5) is 8.52. The van der Waals surface area contributed by atoms with Gasteiger partial charge >= 0.3 is 0 Å². The molecule has 1 aromatic rings. The predicted octanol–water partition coefficient (Wildman–Crippen LogP) is 2.08. The van der Waals surface area contributed by atoms with Crippen LogP contribution in [0.25, 0.3) is 0 Å². The lowest BCUT2D eigenvalue weighted by Crippen LogP contribution is -2.00. The first-order valence-electron chi connectivity index (χ1n) is 4.17. The van der Waals surface area contributed by atoms with Crippen molar-refractivity contribution in [3.8, 4) is 0 Å². The first kappa shape index (κ1) is 8.91. The molecule has 0 saturated heterocycles. The summed E-state index contributed by atoms with van der Waals surface area (Å²) in [5, 5.41) is 0. The van der Waals surface area contributed by atoms with E-state index in [9.17, 15) is 0 Å². The molecule has 0 aliphatic carbocycles. The van der Waals surface area contributed by atoms with Crippen LogP contribution in [-0.4, -0.2) is 17.7 Å². The summed E-state index contributed by atoms with van der Waals surface area (Å²) >= 11 is 0. The Morgan fingerprint density at radius 3 is 2.83 bits per heavy atom. The normalized spacial score (nSPS) is 11.8. The standard InChI is InChI=1S/C10H14N2/c1-4-9-6-5-7-10(12-9)8(2)11-3/h5-7H,4H2,1-3H3. The third-order valence-electron chi connectivity index (χ3n) is 1.88. The van der Waals surface area contributed by atoms with Gasteiger partial charge in [-0.15, -0.1) is 0 Å². The average Bonchev–Trinajstić information content (AvgIpc) is 2.17. The molecule has 0 unspecified atom stereocenters. The Balaban J connectivity index is 3.02. The zero-order valence-electron chi connectivity index (χ0n) is 7.83. The van der Waals surface area contributed by atoms with Crippen molar-refractivity contribution in [2.24, 2.45) is 4.99 Å². The molecule has 0 amide bonds. The fourth-order valence-electron chi connectivity index (χ4n) is 0.993. The highest BCUT2D eigenvalue weighted by Gasteiger charge is 1.97. The second-order valence-corrected chi connectivity index (χ2v) is 2.68. The molecule has 0 N–H and O–H groups in total. The first-order valence-corrected chi connectivity index (χ1v) is 4.17. The van der Waals surface area contributed by atoms with Gasteiger partial charge in [0, 0.05) is 12.7 Å². The van der Waals surface area contributed by atoms with E-state index in [0.717, 1.165) is 23.5 Å². The van der Waals surface area contributed by atoms with Crippen molar-refractivity contribution in [3.63, 3.8) is 0 Å². The highest BCUT2D eigenvalue weighted by molar-refractivity contribution is 5.96. The van der Waals surface area contributed by atoms with Gasteiger partial charge in [0.15, 0.2) is 0 Å². The molecule has 1 rings (SSSR count). The number of aryl methyl sites for hydroxylation is 1. The monoisotopic (exact) mass is 162 g/mol. The Hall–Kier alpha value is -1.18. The zero-order chi connectivity index (χ0) is 8.97. The molecule has 12 heavy (non-hydrogen) atoms. The van der Waals surface area contributed by atoms with Gasteiger partial charge < -0.3 is 0 Å². The lowest BCUT2D eigenvalue weighted by molar-refractivity contribution is 1.03. The van der Waals surface area contributed by atoms with Gasteiger partial charge in [-0.1, -0.05) is 13.0 Å². The van der Waals surface area contributed by atoms with Crippen LogP contribution in [0.1, 0.15) is 25.2 Å². The van der Waals surface area contributed by atoms with Crippen molar-refractivity contribution in [1.29, 1.82) is 0 Å². The van der Waals surface area contributed by atoms with E-state index in [1.54, 1.807) is 7.05 Å². The molecule has 2 nitrogen and oxygen atoms in total. The number of hydrogen-bond donors (Lipinski definition) is 0. The van der Waals surface area contributed by atoms with Gasteiger partial charge in [0.25, 0.3) is 0 Å². The smallest absolute Gasteiger partial charge is 0.0840 e. The molecule has 1 heterocycles. The largest absolute Gasteiger partial charge is 0.291 e. The third-order valence-corrected chi connectivity index (χ3v) is 1.88. The summed E-state index contributed by atoms with van der Waals surface area (Å²) in [5.74, 6) is 0. The molecule has 2 heteroatoms. The van der Waals surface area contributed by atoms with Crippen molar-refractivity contribution in [2.75, 3.05) is 7.05 Å². The maximum atomic E-state index is 4.43. The van der Waals surface area contributed by atoms with Crippen molar-refractivity contribution in [1.82, 2.24) is 4.98 Å². The predicted molar refractivity (Wildman–Crippen MR) is 51.8 cm³/mol.